The molecule has 1 aliphatic heterocycles. The first-order valence-corrected chi connectivity index (χ1v) is 14.3. The summed E-state index contributed by atoms with van der Waals surface area (Å²) in [5, 5.41) is 1.12. The highest BCUT2D eigenvalue weighted by Crippen LogP contribution is 2.53. The molecule has 41 heavy (non-hydrogen) atoms. The molecule has 1 spiro atoms. The first kappa shape index (κ1) is 27.8. The zero-order valence-corrected chi connectivity index (χ0v) is 23.6. The number of nitrogens with one attached hydrogen (secondary N) is 1. The normalized spacial score (nSPS) is 26.5. The molecule has 0 saturated heterocycles. The predicted molar refractivity (Wildman–Crippen MR) is 153 cm³/mol. The lowest BCUT2D eigenvalue weighted by Gasteiger charge is -2.55. The van der Waals surface area contributed by atoms with Gasteiger partial charge in [0, 0.05) is 40.7 Å². The van der Waals surface area contributed by atoms with E-state index in [-0.39, 0.29) is 11.5 Å². The van der Waals surface area contributed by atoms with Crippen molar-refractivity contribution in [2.75, 3.05) is 20.6 Å². The van der Waals surface area contributed by atoms with E-state index in [1.165, 1.54) is 5.56 Å². The Bertz CT molecular complexity index is 1560. The van der Waals surface area contributed by atoms with Crippen LogP contribution in [0.4, 0.5) is 17.6 Å². The number of aryl methyl sites for hydroxylation is 1. The van der Waals surface area contributed by atoms with E-state index >= 15 is 0 Å². The van der Waals surface area contributed by atoms with Gasteiger partial charge in [-0.25, -0.2) is 4.39 Å². The number of aromatic amines is 1. The number of hydrogen-bond acceptors (Lipinski definition) is 2. The zero-order valence-electron chi connectivity index (χ0n) is 23.6. The van der Waals surface area contributed by atoms with Crippen LogP contribution < -0.4 is 0 Å². The number of nitrogens with zero attached hydrogens (tertiary/aromatic N) is 2. The van der Waals surface area contributed by atoms with Gasteiger partial charge in [0.05, 0.1) is 11.1 Å². The van der Waals surface area contributed by atoms with Crippen molar-refractivity contribution in [3.05, 3.63) is 94.2 Å². The SMILES string of the molecule is Cc1cc(C(=O)N2CCc3c([nH]c4ccccc34)C23CCC(C2=CC(F)CC=C2)(N(C)C)CC3)cc(C(F)(F)F)c1. The molecule has 3 aromatic rings. The predicted octanol–water partition coefficient (Wildman–Crippen LogP) is 7.49. The van der Waals surface area contributed by atoms with E-state index in [9.17, 15) is 22.4 Å². The largest absolute Gasteiger partial charge is 0.416 e. The second-order valence-electron chi connectivity index (χ2n) is 12.1. The first-order chi connectivity index (χ1) is 19.4. The Morgan fingerprint density at radius 2 is 1.80 bits per heavy atom. The van der Waals surface area contributed by atoms with Gasteiger partial charge in [-0.1, -0.05) is 30.4 Å². The van der Waals surface area contributed by atoms with Crippen molar-refractivity contribution in [1.82, 2.24) is 14.8 Å². The second-order valence-corrected chi connectivity index (χ2v) is 12.1. The first-order valence-electron chi connectivity index (χ1n) is 14.3. The Morgan fingerprint density at radius 3 is 2.49 bits per heavy atom. The van der Waals surface area contributed by atoms with Gasteiger partial charge in [0.15, 0.2) is 0 Å². The van der Waals surface area contributed by atoms with Crippen molar-refractivity contribution in [3.8, 4) is 0 Å². The van der Waals surface area contributed by atoms with Gasteiger partial charge in [-0.05, 0) is 100 Å². The van der Waals surface area contributed by atoms with Gasteiger partial charge >= 0.3 is 6.18 Å². The molecule has 1 fully saturated rings. The minimum absolute atomic E-state index is 0.0545. The second kappa shape index (κ2) is 9.86. The lowest BCUT2D eigenvalue weighted by molar-refractivity contribution is -0.137. The number of carbonyl (C=O) groups excluding carboxylic acids is 1. The van der Waals surface area contributed by atoms with Crippen molar-refractivity contribution in [3.63, 3.8) is 0 Å². The number of fused-ring (bicyclic) bond motifs is 4. The number of para-hydroxylation sites is 1. The summed E-state index contributed by atoms with van der Waals surface area (Å²) in [5.74, 6) is -0.388. The molecule has 1 unspecified atom stereocenters. The molecular weight excluding hydrogens is 530 g/mol. The van der Waals surface area contributed by atoms with Gasteiger partial charge in [0.2, 0.25) is 0 Å². The fourth-order valence-electron chi connectivity index (χ4n) is 7.50. The van der Waals surface area contributed by atoms with Crippen molar-refractivity contribution >= 4 is 16.8 Å². The number of benzene rings is 2. The van der Waals surface area contributed by atoms with Gasteiger partial charge < -0.3 is 9.88 Å². The van der Waals surface area contributed by atoms with Gasteiger partial charge in [0.1, 0.15) is 6.17 Å². The maximum atomic E-state index is 14.5. The van der Waals surface area contributed by atoms with Crippen molar-refractivity contribution in [2.45, 2.75) is 68.9 Å². The van der Waals surface area contributed by atoms with Crippen LogP contribution >= 0.6 is 0 Å². The lowest BCUT2D eigenvalue weighted by Crippen LogP contribution is -2.59. The molecule has 1 amide bonds. The van der Waals surface area contributed by atoms with Crippen LogP contribution in [0.3, 0.4) is 0 Å². The number of allylic oxidation sites excluding steroid dienone is 2. The molecule has 8 heteroatoms. The molecule has 4 nitrogen and oxygen atoms in total. The highest BCUT2D eigenvalue weighted by molar-refractivity contribution is 5.96. The Kier molecular flexibility index (Phi) is 6.68. The smallest absolute Gasteiger partial charge is 0.356 e. The molecule has 1 saturated carbocycles. The Hall–Kier alpha value is -3.39. The summed E-state index contributed by atoms with van der Waals surface area (Å²) in [6, 6.07) is 11.7. The van der Waals surface area contributed by atoms with E-state index in [2.05, 4.69) is 16.0 Å². The van der Waals surface area contributed by atoms with Gasteiger partial charge in [-0.15, -0.1) is 0 Å². The standard InChI is InChI=1S/C33H35F4N3O/c1-21-17-22(19-24(18-21)33(35,36)37)30(41)40-16-11-27-26-9-4-5-10-28(26)38-29(27)32(40)14-12-31(13-15-32,39(2)3)23-7-6-8-25(34)20-23/h4-7,9-10,17-20,25,38H,8,11-16H2,1-3H3. The van der Waals surface area contributed by atoms with Crippen molar-refractivity contribution < 1.29 is 22.4 Å². The maximum Gasteiger partial charge on any atom is 0.416 e. The number of aromatic nitrogens is 1. The lowest BCUT2D eigenvalue weighted by atomic mass is 9.64. The van der Waals surface area contributed by atoms with Crippen molar-refractivity contribution in [1.29, 1.82) is 0 Å². The molecule has 2 aliphatic carbocycles. The van der Waals surface area contributed by atoms with Gasteiger partial charge in [-0.2, -0.15) is 13.2 Å². The fourth-order valence-corrected chi connectivity index (χ4v) is 7.50. The molecular formula is C33H35F4N3O. The van der Waals surface area contributed by atoms with Crippen LogP contribution in [0.2, 0.25) is 0 Å². The monoisotopic (exact) mass is 565 g/mol. The van der Waals surface area contributed by atoms with Gasteiger partial charge in [0.25, 0.3) is 5.91 Å². The van der Waals surface area contributed by atoms with Crippen LogP contribution in [0.25, 0.3) is 10.9 Å². The van der Waals surface area contributed by atoms with Crippen molar-refractivity contribution in [2.24, 2.45) is 0 Å². The number of hydrogen-bond donors (Lipinski definition) is 1. The van der Waals surface area contributed by atoms with E-state index in [1.54, 1.807) is 19.1 Å². The Balaban J connectivity index is 1.46. The summed E-state index contributed by atoms with van der Waals surface area (Å²) in [4.78, 5) is 21.8. The molecule has 216 valence electrons. The highest BCUT2D eigenvalue weighted by Gasteiger charge is 2.53. The average molecular weight is 566 g/mol. The minimum atomic E-state index is -4.54. The van der Waals surface area contributed by atoms with Crippen LogP contribution in [-0.2, 0) is 18.1 Å². The number of carbonyl (C=O) groups is 1. The molecule has 2 heterocycles. The number of likely N-dealkylation sites (N-methyl/N-ethyl adjacent to an activating group) is 1. The molecule has 6 rings (SSSR count). The van der Waals surface area contributed by atoms with Crippen LogP contribution in [0.5, 0.6) is 0 Å². The number of rotatable bonds is 3. The molecule has 0 bridgehead atoms. The van der Waals surface area contributed by atoms with Gasteiger partial charge in [-0.3, -0.25) is 9.69 Å². The van der Waals surface area contributed by atoms with E-state index in [1.807, 2.05) is 49.3 Å². The fraction of sp³-hybridized carbons (Fsp3) is 0.424. The third-order valence-electron chi connectivity index (χ3n) is 9.59. The Labute approximate surface area is 237 Å². The molecule has 3 aliphatic rings. The molecule has 0 radical (unpaired) electrons. The highest BCUT2D eigenvalue weighted by atomic mass is 19.4. The van der Waals surface area contributed by atoms with Crippen LogP contribution in [0.15, 0.2) is 66.3 Å². The van der Waals surface area contributed by atoms with E-state index < -0.39 is 29.0 Å². The van der Waals surface area contributed by atoms with E-state index in [0.29, 0.717) is 50.6 Å². The number of H-pyrrole nitrogens is 1. The van der Waals surface area contributed by atoms with E-state index in [4.69, 9.17) is 0 Å². The van der Waals surface area contributed by atoms with Crippen LogP contribution in [0.1, 0.15) is 64.8 Å². The number of amides is 1. The topological polar surface area (TPSA) is 39.3 Å². The van der Waals surface area contributed by atoms with Crippen LogP contribution in [0, 0.1) is 6.92 Å². The Morgan fingerprint density at radius 1 is 1.07 bits per heavy atom. The number of alkyl halides is 4. The molecule has 1 aromatic heterocycles. The quantitative estimate of drug-likeness (QED) is 0.334. The number of halogens is 4. The maximum absolute atomic E-state index is 14.5. The summed E-state index contributed by atoms with van der Waals surface area (Å²) in [6.07, 6.45) is 3.57. The summed E-state index contributed by atoms with van der Waals surface area (Å²) >= 11 is 0. The van der Waals surface area contributed by atoms with Crippen LogP contribution in [-0.4, -0.2) is 53.0 Å². The summed E-state index contributed by atoms with van der Waals surface area (Å²) < 4.78 is 55.6. The summed E-state index contributed by atoms with van der Waals surface area (Å²) in [7, 11) is 4.02. The summed E-state index contributed by atoms with van der Waals surface area (Å²) in [6.45, 7) is 2.00. The third kappa shape index (κ3) is 4.51. The zero-order chi connectivity index (χ0) is 29.2. The minimum Gasteiger partial charge on any atom is -0.356 e. The molecule has 1 atom stereocenters. The average Bonchev–Trinajstić information content (AvgIpc) is 3.32. The third-order valence-corrected chi connectivity index (χ3v) is 9.59. The summed E-state index contributed by atoms with van der Waals surface area (Å²) in [5.41, 5.74) is 2.60. The molecule has 1 N–H and O–H groups in total. The van der Waals surface area contributed by atoms with E-state index in [0.717, 1.165) is 34.3 Å². The molecule has 2 aromatic carbocycles.